The van der Waals surface area contributed by atoms with Gasteiger partial charge in [0.1, 0.15) is 0 Å². The average Bonchev–Trinajstić information content (AvgIpc) is 3.20. The van der Waals surface area contributed by atoms with Gasteiger partial charge in [0.15, 0.2) is 0 Å². The highest BCUT2D eigenvalue weighted by Gasteiger charge is 2.32. The Morgan fingerprint density at radius 3 is 2.48 bits per heavy atom. The Labute approximate surface area is 186 Å². The molecule has 1 aromatic carbocycles. The summed E-state index contributed by atoms with van der Waals surface area (Å²) in [5.41, 5.74) is 1.30. The van der Waals surface area contributed by atoms with Crippen LogP contribution in [0.1, 0.15) is 63.9 Å². The molecule has 1 fully saturated rings. The van der Waals surface area contributed by atoms with E-state index >= 15 is 0 Å². The Kier molecular flexibility index (Phi) is 11.0. The number of ether oxygens (including phenoxy) is 2. The van der Waals surface area contributed by atoms with Gasteiger partial charge in [0.2, 0.25) is 5.91 Å². The normalized spacial score (nSPS) is 18.0. The summed E-state index contributed by atoms with van der Waals surface area (Å²) < 4.78 is 10.9. The second kappa shape index (κ2) is 13.5. The molecule has 0 saturated carbocycles. The minimum atomic E-state index is -0.786. The first kappa shape index (κ1) is 25.3. The van der Waals surface area contributed by atoms with Gasteiger partial charge in [-0.15, -0.1) is 0 Å². The highest BCUT2D eigenvalue weighted by atomic mass is 16.5. The van der Waals surface area contributed by atoms with Gasteiger partial charge in [-0.3, -0.25) is 9.59 Å². The quantitative estimate of drug-likeness (QED) is 0.416. The molecule has 4 unspecified atom stereocenters. The van der Waals surface area contributed by atoms with E-state index in [4.69, 9.17) is 9.47 Å². The molecular formula is C25H39NO5. The van der Waals surface area contributed by atoms with Gasteiger partial charge in [-0.2, -0.15) is 0 Å². The van der Waals surface area contributed by atoms with Crippen molar-refractivity contribution in [3.63, 3.8) is 0 Å². The second-order valence-corrected chi connectivity index (χ2v) is 8.74. The Bertz CT molecular complexity index is 665. The molecule has 0 aromatic heterocycles. The first-order valence-corrected chi connectivity index (χ1v) is 11.6. The summed E-state index contributed by atoms with van der Waals surface area (Å²) in [6.45, 7) is 6.23. The van der Waals surface area contributed by atoms with Crippen LogP contribution in [-0.2, 0) is 19.1 Å². The Hall–Kier alpha value is -1.92. The van der Waals surface area contributed by atoms with E-state index in [0.717, 1.165) is 32.2 Å². The first-order valence-electron chi connectivity index (χ1n) is 11.6. The lowest BCUT2D eigenvalue weighted by molar-refractivity contribution is -0.142. The fourth-order valence-electron chi connectivity index (χ4n) is 4.61. The van der Waals surface area contributed by atoms with Crippen LogP contribution in [0.3, 0.4) is 0 Å². The molecule has 0 radical (unpaired) electrons. The van der Waals surface area contributed by atoms with Gasteiger partial charge in [-0.1, -0.05) is 44.2 Å². The number of methoxy groups -OCH3 is 1. The third-order valence-electron chi connectivity index (χ3n) is 6.37. The topological polar surface area (TPSA) is 76.1 Å². The van der Waals surface area contributed by atoms with Crippen molar-refractivity contribution < 1.29 is 24.2 Å². The predicted molar refractivity (Wildman–Crippen MR) is 121 cm³/mol. The standard InChI is InChI=1S/C25H39NO5/c1-4-21(22-9-6-5-7-10-22)17-23(26-12-8-11-24(26)27)16-20(15-19(2)25(28)29)18-31-14-13-30-3/h5-7,9-10,19-21,23H,4,8,11-18H2,1-3H3,(H,28,29). The molecule has 1 saturated heterocycles. The van der Waals surface area contributed by atoms with E-state index in [2.05, 4.69) is 31.2 Å². The molecule has 0 aliphatic carbocycles. The largest absolute Gasteiger partial charge is 0.481 e. The van der Waals surface area contributed by atoms with E-state index in [1.165, 1.54) is 5.56 Å². The lowest BCUT2D eigenvalue weighted by Crippen LogP contribution is -2.39. The molecule has 174 valence electrons. The van der Waals surface area contributed by atoms with Crippen LogP contribution in [0.4, 0.5) is 0 Å². The Morgan fingerprint density at radius 1 is 1.16 bits per heavy atom. The molecule has 6 nitrogen and oxygen atoms in total. The zero-order valence-electron chi connectivity index (χ0n) is 19.3. The number of hydrogen-bond acceptors (Lipinski definition) is 4. The van der Waals surface area contributed by atoms with Gasteiger partial charge >= 0.3 is 5.97 Å². The lowest BCUT2D eigenvalue weighted by Gasteiger charge is -2.34. The predicted octanol–water partition coefficient (Wildman–Crippen LogP) is 4.34. The van der Waals surface area contributed by atoms with E-state index in [1.807, 2.05) is 11.0 Å². The highest BCUT2D eigenvalue weighted by Crippen LogP contribution is 2.32. The van der Waals surface area contributed by atoms with Crippen LogP contribution in [0.2, 0.25) is 0 Å². The summed E-state index contributed by atoms with van der Waals surface area (Å²) in [6, 6.07) is 10.6. The summed E-state index contributed by atoms with van der Waals surface area (Å²) in [4.78, 5) is 26.1. The van der Waals surface area contributed by atoms with Crippen molar-refractivity contribution in [2.75, 3.05) is 33.5 Å². The zero-order valence-corrected chi connectivity index (χ0v) is 19.3. The lowest BCUT2D eigenvalue weighted by atomic mass is 9.83. The number of hydrogen-bond donors (Lipinski definition) is 1. The monoisotopic (exact) mass is 433 g/mol. The smallest absolute Gasteiger partial charge is 0.306 e. The molecule has 31 heavy (non-hydrogen) atoms. The number of benzene rings is 1. The van der Waals surface area contributed by atoms with E-state index in [-0.39, 0.29) is 17.9 Å². The Morgan fingerprint density at radius 2 is 1.90 bits per heavy atom. The zero-order chi connectivity index (χ0) is 22.6. The van der Waals surface area contributed by atoms with Gasteiger partial charge in [-0.05, 0) is 49.5 Å². The number of carboxylic acids is 1. The van der Waals surface area contributed by atoms with Gasteiger partial charge < -0.3 is 19.5 Å². The molecule has 1 aromatic rings. The van der Waals surface area contributed by atoms with E-state index in [9.17, 15) is 14.7 Å². The fourth-order valence-corrected chi connectivity index (χ4v) is 4.61. The molecule has 4 atom stereocenters. The van der Waals surface area contributed by atoms with Crippen LogP contribution in [0.5, 0.6) is 0 Å². The molecule has 1 N–H and O–H groups in total. The number of carboxylic acid groups (broad SMARTS) is 1. The average molecular weight is 434 g/mol. The summed E-state index contributed by atoms with van der Waals surface area (Å²) in [5, 5.41) is 9.44. The minimum Gasteiger partial charge on any atom is -0.481 e. The Balaban J connectivity index is 2.16. The van der Waals surface area contributed by atoms with Gasteiger partial charge in [0, 0.05) is 32.7 Å². The van der Waals surface area contributed by atoms with Crippen LogP contribution in [0.25, 0.3) is 0 Å². The molecular weight excluding hydrogens is 394 g/mol. The van der Waals surface area contributed by atoms with Crippen LogP contribution in [-0.4, -0.2) is 61.4 Å². The van der Waals surface area contributed by atoms with E-state index in [1.54, 1.807) is 14.0 Å². The maximum atomic E-state index is 12.6. The summed E-state index contributed by atoms with van der Waals surface area (Å²) >= 11 is 0. The number of likely N-dealkylation sites (tertiary alicyclic amines) is 1. The van der Waals surface area contributed by atoms with Gasteiger partial charge in [-0.25, -0.2) is 0 Å². The number of aliphatic carboxylic acids is 1. The minimum absolute atomic E-state index is 0.0784. The van der Waals surface area contributed by atoms with Crippen molar-refractivity contribution in [1.29, 1.82) is 0 Å². The molecule has 6 heteroatoms. The van der Waals surface area contributed by atoms with E-state index < -0.39 is 11.9 Å². The molecule has 1 amide bonds. The summed E-state index contributed by atoms with van der Waals surface area (Å²) in [6.07, 6.45) is 4.71. The first-order chi connectivity index (χ1) is 15.0. The van der Waals surface area contributed by atoms with Gasteiger partial charge in [0.25, 0.3) is 0 Å². The number of rotatable bonds is 15. The fraction of sp³-hybridized carbons (Fsp3) is 0.680. The summed E-state index contributed by atoms with van der Waals surface area (Å²) in [5.74, 6) is -0.562. The van der Waals surface area contributed by atoms with Crippen molar-refractivity contribution in [3.05, 3.63) is 35.9 Å². The molecule has 0 bridgehead atoms. The maximum absolute atomic E-state index is 12.6. The third-order valence-corrected chi connectivity index (χ3v) is 6.37. The van der Waals surface area contributed by atoms with Crippen LogP contribution >= 0.6 is 0 Å². The van der Waals surface area contributed by atoms with E-state index in [0.29, 0.717) is 38.6 Å². The number of carbonyl (C=O) groups is 2. The number of carbonyl (C=O) groups excluding carboxylic acids is 1. The second-order valence-electron chi connectivity index (χ2n) is 8.74. The molecule has 0 spiro atoms. The number of nitrogens with zero attached hydrogens (tertiary/aromatic N) is 1. The van der Waals surface area contributed by atoms with Crippen LogP contribution in [0.15, 0.2) is 30.3 Å². The SMILES string of the molecule is CCC(CC(CC(COCCOC)CC(C)C(=O)O)N1CCCC1=O)c1ccccc1. The van der Waals surface area contributed by atoms with Crippen LogP contribution < -0.4 is 0 Å². The maximum Gasteiger partial charge on any atom is 0.306 e. The number of amides is 1. The highest BCUT2D eigenvalue weighted by molar-refractivity contribution is 5.78. The van der Waals surface area contributed by atoms with Crippen molar-refractivity contribution in [3.8, 4) is 0 Å². The van der Waals surface area contributed by atoms with Crippen molar-refractivity contribution >= 4 is 11.9 Å². The molecule has 1 heterocycles. The molecule has 1 aliphatic heterocycles. The van der Waals surface area contributed by atoms with Crippen LogP contribution in [0, 0.1) is 11.8 Å². The molecule has 1 aliphatic rings. The van der Waals surface area contributed by atoms with Gasteiger partial charge in [0.05, 0.1) is 19.1 Å². The molecule has 2 rings (SSSR count). The summed E-state index contributed by atoms with van der Waals surface area (Å²) in [7, 11) is 1.64. The van der Waals surface area contributed by atoms with Crippen molar-refractivity contribution in [1.82, 2.24) is 4.90 Å². The van der Waals surface area contributed by atoms with Crippen molar-refractivity contribution in [2.45, 2.75) is 64.3 Å². The third kappa shape index (κ3) is 8.26. The van der Waals surface area contributed by atoms with Crippen molar-refractivity contribution in [2.24, 2.45) is 11.8 Å².